The largest absolute Gasteiger partial charge is 0.198 e. The second-order valence-corrected chi connectivity index (χ2v) is 2.99. The molecule has 0 N–H and O–H groups in total. The summed E-state index contributed by atoms with van der Waals surface area (Å²) >= 11 is 1.80. The van der Waals surface area contributed by atoms with E-state index in [1.165, 1.54) is 5.57 Å². The van der Waals surface area contributed by atoms with Crippen LogP contribution in [-0.4, -0.2) is 5.75 Å². The first-order valence-corrected chi connectivity index (χ1v) is 4.32. The lowest BCUT2D eigenvalue weighted by Gasteiger charge is -2.02. The van der Waals surface area contributed by atoms with Crippen molar-refractivity contribution in [3.63, 3.8) is 0 Å². The molecule has 0 aliphatic carbocycles. The Morgan fingerprint density at radius 3 is 3.20 bits per heavy atom. The summed E-state index contributed by atoms with van der Waals surface area (Å²) in [6.07, 6.45) is 5.78. The standard InChI is InChI=1S/C8H9NS/c9-5-1-3-8-4-2-6-10-7-8/h2,4,7H,1,3,6H2. The molecule has 0 aromatic carbocycles. The van der Waals surface area contributed by atoms with E-state index in [0.29, 0.717) is 6.42 Å². The van der Waals surface area contributed by atoms with Gasteiger partial charge in [-0.05, 0) is 17.4 Å². The first kappa shape index (κ1) is 7.43. The smallest absolute Gasteiger partial charge is 0.0625 e. The van der Waals surface area contributed by atoms with E-state index in [4.69, 9.17) is 5.26 Å². The molecule has 0 saturated heterocycles. The van der Waals surface area contributed by atoms with E-state index in [2.05, 4.69) is 23.6 Å². The molecule has 0 unspecified atom stereocenters. The van der Waals surface area contributed by atoms with Crippen molar-refractivity contribution < 1.29 is 0 Å². The van der Waals surface area contributed by atoms with Crippen LogP contribution < -0.4 is 0 Å². The Labute approximate surface area is 65.4 Å². The van der Waals surface area contributed by atoms with E-state index in [1.807, 2.05) is 0 Å². The van der Waals surface area contributed by atoms with Gasteiger partial charge in [0, 0.05) is 12.2 Å². The fourth-order valence-corrected chi connectivity index (χ4v) is 1.51. The molecule has 10 heavy (non-hydrogen) atoms. The monoisotopic (exact) mass is 151 g/mol. The highest BCUT2D eigenvalue weighted by molar-refractivity contribution is 8.02. The van der Waals surface area contributed by atoms with Crippen LogP contribution >= 0.6 is 11.8 Å². The molecule has 1 rings (SSSR count). The minimum absolute atomic E-state index is 0.636. The summed E-state index contributed by atoms with van der Waals surface area (Å²) in [6.45, 7) is 0. The lowest BCUT2D eigenvalue weighted by molar-refractivity contribution is 1.02. The first-order chi connectivity index (χ1) is 4.93. The SMILES string of the molecule is N#CCCC1=CSCC=C1. The summed E-state index contributed by atoms with van der Waals surface area (Å²) in [5, 5.41) is 10.4. The van der Waals surface area contributed by atoms with Gasteiger partial charge in [-0.15, -0.1) is 11.8 Å². The van der Waals surface area contributed by atoms with Gasteiger partial charge in [-0.1, -0.05) is 12.2 Å². The Bertz CT molecular complexity index is 198. The van der Waals surface area contributed by atoms with Crippen LogP contribution in [0.15, 0.2) is 23.1 Å². The summed E-state index contributed by atoms with van der Waals surface area (Å²) in [5.74, 6) is 1.08. The van der Waals surface area contributed by atoms with Crippen molar-refractivity contribution in [1.29, 1.82) is 5.26 Å². The Morgan fingerprint density at radius 1 is 1.70 bits per heavy atom. The van der Waals surface area contributed by atoms with Crippen LogP contribution in [0.4, 0.5) is 0 Å². The van der Waals surface area contributed by atoms with E-state index in [9.17, 15) is 0 Å². The number of hydrogen-bond acceptors (Lipinski definition) is 2. The van der Waals surface area contributed by atoms with Crippen molar-refractivity contribution in [2.45, 2.75) is 12.8 Å². The molecule has 0 amide bonds. The van der Waals surface area contributed by atoms with Crippen LogP contribution in [0.5, 0.6) is 0 Å². The third-order valence-corrected chi connectivity index (χ3v) is 2.14. The zero-order valence-electron chi connectivity index (χ0n) is 5.71. The summed E-state index contributed by atoms with van der Waals surface area (Å²) in [6, 6.07) is 2.13. The highest BCUT2D eigenvalue weighted by atomic mass is 32.2. The number of allylic oxidation sites excluding steroid dienone is 2. The molecule has 1 heterocycles. The maximum Gasteiger partial charge on any atom is 0.0625 e. The molecular formula is C8H9NS. The van der Waals surface area contributed by atoms with Crippen LogP contribution in [0.1, 0.15) is 12.8 Å². The van der Waals surface area contributed by atoms with Gasteiger partial charge in [0.1, 0.15) is 0 Å². The second kappa shape index (κ2) is 4.19. The molecule has 0 aromatic rings. The summed E-state index contributed by atoms with van der Waals surface area (Å²) in [5.41, 5.74) is 1.29. The molecule has 52 valence electrons. The molecule has 0 bridgehead atoms. The minimum atomic E-state index is 0.636. The topological polar surface area (TPSA) is 23.8 Å². The Morgan fingerprint density at radius 2 is 2.60 bits per heavy atom. The Kier molecular flexibility index (Phi) is 3.11. The van der Waals surface area contributed by atoms with E-state index >= 15 is 0 Å². The molecule has 2 heteroatoms. The number of nitrogens with zero attached hydrogens (tertiary/aromatic N) is 1. The van der Waals surface area contributed by atoms with Gasteiger partial charge in [-0.3, -0.25) is 0 Å². The summed E-state index contributed by atoms with van der Waals surface area (Å²) in [7, 11) is 0. The van der Waals surface area contributed by atoms with Crippen molar-refractivity contribution >= 4 is 11.8 Å². The number of thioether (sulfide) groups is 1. The molecule has 0 spiro atoms. The van der Waals surface area contributed by atoms with Crippen LogP contribution in [-0.2, 0) is 0 Å². The predicted octanol–water partition coefficient (Wildman–Crippen LogP) is 2.48. The van der Waals surface area contributed by atoms with Crippen molar-refractivity contribution in [2.24, 2.45) is 0 Å². The van der Waals surface area contributed by atoms with E-state index in [-0.39, 0.29) is 0 Å². The molecule has 0 fully saturated rings. The van der Waals surface area contributed by atoms with Gasteiger partial charge < -0.3 is 0 Å². The van der Waals surface area contributed by atoms with Gasteiger partial charge in [0.05, 0.1) is 6.07 Å². The van der Waals surface area contributed by atoms with Gasteiger partial charge >= 0.3 is 0 Å². The Balaban J connectivity index is 2.34. The van der Waals surface area contributed by atoms with Crippen LogP contribution in [0, 0.1) is 11.3 Å². The molecule has 1 aliphatic heterocycles. The maximum absolute atomic E-state index is 8.29. The van der Waals surface area contributed by atoms with E-state index < -0.39 is 0 Å². The second-order valence-electron chi connectivity index (χ2n) is 2.09. The van der Waals surface area contributed by atoms with Gasteiger partial charge in [0.15, 0.2) is 0 Å². The summed E-state index contributed by atoms with van der Waals surface area (Å²) in [4.78, 5) is 0. The predicted molar refractivity (Wildman–Crippen MR) is 44.5 cm³/mol. The summed E-state index contributed by atoms with van der Waals surface area (Å²) < 4.78 is 0. The number of nitriles is 1. The number of rotatable bonds is 2. The molecule has 0 atom stereocenters. The molecule has 0 aromatic heterocycles. The third-order valence-electron chi connectivity index (χ3n) is 1.28. The molecule has 1 aliphatic rings. The van der Waals surface area contributed by atoms with E-state index in [0.717, 1.165) is 12.2 Å². The fourth-order valence-electron chi connectivity index (χ4n) is 0.792. The van der Waals surface area contributed by atoms with Crippen molar-refractivity contribution in [3.8, 4) is 6.07 Å². The lowest BCUT2D eigenvalue weighted by Crippen LogP contribution is -1.83. The highest BCUT2D eigenvalue weighted by Crippen LogP contribution is 2.18. The van der Waals surface area contributed by atoms with Gasteiger partial charge in [-0.25, -0.2) is 0 Å². The van der Waals surface area contributed by atoms with E-state index in [1.54, 1.807) is 11.8 Å². The van der Waals surface area contributed by atoms with Crippen LogP contribution in [0.2, 0.25) is 0 Å². The van der Waals surface area contributed by atoms with Crippen LogP contribution in [0.25, 0.3) is 0 Å². The van der Waals surface area contributed by atoms with Crippen molar-refractivity contribution in [2.75, 3.05) is 5.75 Å². The zero-order chi connectivity index (χ0) is 7.23. The maximum atomic E-state index is 8.29. The third kappa shape index (κ3) is 2.28. The van der Waals surface area contributed by atoms with Gasteiger partial charge in [0.25, 0.3) is 0 Å². The molecule has 1 nitrogen and oxygen atoms in total. The van der Waals surface area contributed by atoms with Crippen molar-refractivity contribution in [1.82, 2.24) is 0 Å². The molecule has 0 radical (unpaired) electrons. The van der Waals surface area contributed by atoms with Gasteiger partial charge in [0.2, 0.25) is 0 Å². The lowest BCUT2D eigenvalue weighted by atomic mass is 10.1. The molecular weight excluding hydrogens is 142 g/mol. The molecule has 0 saturated carbocycles. The van der Waals surface area contributed by atoms with Crippen molar-refractivity contribution in [3.05, 3.63) is 23.1 Å². The number of hydrogen-bond donors (Lipinski definition) is 0. The average molecular weight is 151 g/mol. The van der Waals surface area contributed by atoms with Gasteiger partial charge in [-0.2, -0.15) is 5.26 Å². The quantitative estimate of drug-likeness (QED) is 0.605. The first-order valence-electron chi connectivity index (χ1n) is 3.27. The minimum Gasteiger partial charge on any atom is -0.198 e. The zero-order valence-corrected chi connectivity index (χ0v) is 6.53. The Hall–Kier alpha value is -0.680. The average Bonchev–Trinajstić information content (AvgIpc) is 2.03. The normalized spacial score (nSPS) is 16.1. The highest BCUT2D eigenvalue weighted by Gasteiger charge is 1.95. The fraction of sp³-hybridized carbons (Fsp3) is 0.375. The van der Waals surface area contributed by atoms with Crippen LogP contribution in [0.3, 0.4) is 0 Å².